The fraction of sp³-hybridized carbons (Fsp3) is 0.951. The smallest absolute Gasteiger partial charge is 0.462 e. The number of phosphoric ester groups is 2. The van der Waals surface area contributed by atoms with E-state index >= 15 is 0 Å². The molecule has 0 aromatic carbocycles. The number of aliphatic hydroxyl groups is 1. The number of carbonyl (C=O) groups is 4. The number of aliphatic hydroxyl groups excluding tert-OH is 1. The number of carbonyl (C=O) groups excluding carboxylic acids is 4. The van der Waals surface area contributed by atoms with Crippen LogP contribution in [-0.4, -0.2) is 96.7 Å². The van der Waals surface area contributed by atoms with Gasteiger partial charge in [-0.15, -0.1) is 0 Å². The van der Waals surface area contributed by atoms with Gasteiger partial charge in [-0.2, -0.15) is 0 Å². The van der Waals surface area contributed by atoms with Gasteiger partial charge >= 0.3 is 39.5 Å². The van der Waals surface area contributed by atoms with Gasteiger partial charge in [0, 0.05) is 25.7 Å². The predicted octanol–water partition coefficient (Wildman–Crippen LogP) is 24.7. The average Bonchev–Trinajstić information content (AvgIpc) is 0.995. The van der Waals surface area contributed by atoms with Gasteiger partial charge in [-0.05, 0) is 37.5 Å². The Bertz CT molecular complexity index is 1940. The van der Waals surface area contributed by atoms with E-state index in [1.165, 1.54) is 250 Å². The number of esters is 4. The van der Waals surface area contributed by atoms with Crippen molar-refractivity contribution < 1.29 is 80.2 Å². The van der Waals surface area contributed by atoms with Crippen LogP contribution in [0.3, 0.4) is 0 Å². The average molecular weight is 1480 g/mol. The molecule has 0 bridgehead atoms. The van der Waals surface area contributed by atoms with Crippen LogP contribution < -0.4 is 0 Å². The highest BCUT2D eigenvalue weighted by atomic mass is 31.2. The normalized spacial score (nSPS) is 13.9. The van der Waals surface area contributed by atoms with Gasteiger partial charge in [0.15, 0.2) is 12.2 Å². The minimum absolute atomic E-state index is 0.106. The van der Waals surface area contributed by atoms with Crippen molar-refractivity contribution in [3.8, 4) is 0 Å². The van der Waals surface area contributed by atoms with Gasteiger partial charge in [0.2, 0.25) is 0 Å². The molecular formula is C82H160O17P2. The maximum Gasteiger partial charge on any atom is 0.472 e. The summed E-state index contributed by atoms with van der Waals surface area (Å²) in [5.41, 5.74) is 0. The summed E-state index contributed by atoms with van der Waals surface area (Å²) >= 11 is 0. The SMILES string of the molecule is CCCCCCCCCCCCCCCCCCCCC(=O)OC[C@H](COP(=O)(O)OC[C@@H](O)COP(=O)(O)OC[C@@H](COC(=O)CCCCCCCCCCCC)OC(=O)CCCCCCCCCCCC(C)C)OC(=O)CCCCCCCCCCCCCCCCCCCCC(C)C. The molecule has 0 spiro atoms. The van der Waals surface area contributed by atoms with E-state index in [0.717, 1.165) is 102 Å². The van der Waals surface area contributed by atoms with Crippen molar-refractivity contribution in [3.05, 3.63) is 0 Å². The van der Waals surface area contributed by atoms with E-state index < -0.39 is 97.5 Å². The Morgan fingerprint density at radius 2 is 0.455 bits per heavy atom. The zero-order valence-corrected chi connectivity index (χ0v) is 68.0. The first-order valence-electron chi connectivity index (χ1n) is 42.5. The second-order valence-corrected chi connectivity index (χ2v) is 33.4. The van der Waals surface area contributed by atoms with Gasteiger partial charge in [-0.25, -0.2) is 9.13 Å². The van der Waals surface area contributed by atoms with Crippen LogP contribution in [0.25, 0.3) is 0 Å². The molecule has 101 heavy (non-hydrogen) atoms. The highest BCUT2D eigenvalue weighted by Gasteiger charge is 2.30. The van der Waals surface area contributed by atoms with Gasteiger partial charge < -0.3 is 33.8 Å². The van der Waals surface area contributed by atoms with Crippen molar-refractivity contribution in [2.24, 2.45) is 11.8 Å². The van der Waals surface area contributed by atoms with Crippen LogP contribution >= 0.6 is 15.6 Å². The van der Waals surface area contributed by atoms with E-state index in [1.807, 2.05) is 0 Å². The van der Waals surface area contributed by atoms with E-state index in [1.54, 1.807) is 0 Å². The molecule has 19 heteroatoms. The zero-order chi connectivity index (χ0) is 74.2. The molecule has 5 atom stereocenters. The summed E-state index contributed by atoms with van der Waals surface area (Å²) in [7, 11) is -9.92. The molecule has 600 valence electrons. The third kappa shape index (κ3) is 76.1. The van der Waals surface area contributed by atoms with Crippen molar-refractivity contribution in [1.82, 2.24) is 0 Å². The Kier molecular flexibility index (Phi) is 72.2. The fourth-order valence-electron chi connectivity index (χ4n) is 12.7. The summed E-state index contributed by atoms with van der Waals surface area (Å²) in [5, 5.41) is 10.6. The lowest BCUT2D eigenvalue weighted by Crippen LogP contribution is -2.30. The van der Waals surface area contributed by atoms with Crippen molar-refractivity contribution in [2.45, 2.75) is 452 Å². The lowest BCUT2D eigenvalue weighted by molar-refractivity contribution is -0.161. The molecule has 0 amide bonds. The second-order valence-electron chi connectivity index (χ2n) is 30.5. The molecule has 0 aliphatic rings. The first kappa shape index (κ1) is 99.1. The first-order valence-corrected chi connectivity index (χ1v) is 45.5. The van der Waals surface area contributed by atoms with Crippen LogP contribution in [0.2, 0.25) is 0 Å². The minimum Gasteiger partial charge on any atom is -0.462 e. The highest BCUT2D eigenvalue weighted by molar-refractivity contribution is 7.47. The monoisotopic (exact) mass is 1480 g/mol. The van der Waals surface area contributed by atoms with Gasteiger partial charge in [-0.3, -0.25) is 37.3 Å². The molecule has 0 aliphatic carbocycles. The largest absolute Gasteiger partial charge is 0.472 e. The Labute approximate surface area is 619 Å². The minimum atomic E-state index is -4.96. The molecule has 0 radical (unpaired) electrons. The van der Waals surface area contributed by atoms with E-state index in [0.29, 0.717) is 25.7 Å². The summed E-state index contributed by atoms with van der Waals surface area (Å²) in [5.74, 6) is -0.551. The molecular weight excluding hydrogens is 1320 g/mol. The standard InChI is InChI=1S/C82H160O17P2/c1-7-9-11-13-15-17-19-20-21-22-26-29-32-35-41-47-53-59-65-80(85)93-71-77(98-81(86)66-60-54-48-42-36-33-30-27-24-23-25-28-31-34-38-44-50-56-62-74(3)4)72-96-100(88,89)94-68-76(83)69-95-101(90,91)97-73-78(70-92-79(84)64-58-52-46-40-18-16-14-12-10-8-2)99-82(87)67-61-55-49-43-37-39-45-51-57-63-75(5)6/h74-78,83H,7-73H2,1-6H3,(H,88,89)(H,90,91)/t76-,77-,78-/m1/s1. The molecule has 17 nitrogen and oxygen atoms in total. The summed E-state index contributed by atoms with van der Waals surface area (Å²) in [6.07, 6.45) is 63.9. The lowest BCUT2D eigenvalue weighted by atomic mass is 10.0. The van der Waals surface area contributed by atoms with Gasteiger partial charge in [0.05, 0.1) is 26.4 Å². The van der Waals surface area contributed by atoms with Gasteiger partial charge in [0.1, 0.15) is 19.3 Å². The highest BCUT2D eigenvalue weighted by Crippen LogP contribution is 2.45. The van der Waals surface area contributed by atoms with Crippen LogP contribution in [0, 0.1) is 11.8 Å². The second kappa shape index (κ2) is 73.6. The summed E-state index contributed by atoms with van der Waals surface area (Å²) in [6, 6.07) is 0. The van der Waals surface area contributed by atoms with Crippen molar-refractivity contribution in [1.29, 1.82) is 0 Å². The van der Waals surface area contributed by atoms with E-state index in [4.69, 9.17) is 37.0 Å². The molecule has 0 aliphatic heterocycles. The molecule has 2 unspecified atom stereocenters. The zero-order valence-electron chi connectivity index (χ0n) is 66.2. The summed E-state index contributed by atoms with van der Waals surface area (Å²) < 4.78 is 68.7. The number of hydrogen-bond donors (Lipinski definition) is 3. The van der Waals surface area contributed by atoms with Crippen molar-refractivity contribution in [2.75, 3.05) is 39.6 Å². The fourth-order valence-corrected chi connectivity index (χ4v) is 14.3. The molecule has 0 fully saturated rings. The molecule has 0 heterocycles. The van der Waals surface area contributed by atoms with Crippen LogP contribution in [0.1, 0.15) is 433 Å². The Morgan fingerprint density at radius 1 is 0.267 bits per heavy atom. The molecule has 0 aromatic rings. The molecule has 0 saturated carbocycles. The Morgan fingerprint density at radius 3 is 0.673 bits per heavy atom. The van der Waals surface area contributed by atoms with Crippen LogP contribution in [0.15, 0.2) is 0 Å². The third-order valence-electron chi connectivity index (χ3n) is 19.2. The molecule has 0 rings (SSSR count). The van der Waals surface area contributed by atoms with Crippen LogP contribution in [0.4, 0.5) is 0 Å². The van der Waals surface area contributed by atoms with Crippen molar-refractivity contribution >= 4 is 39.5 Å². The third-order valence-corrected chi connectivity index (χ3v) is 21.1. The molecule has 3 N–H and O–H groups in total. The Hall–Kier alpha value is -1.94. The van der Waals surface area contributed by atoms with Crippen LogP contribution in [-0.2, 0) is 65.4 Å². The summed E-state index contributed by atoms with van der Waals surface area (Å²) in [4.78, 5) is 73.0. The number of phosphoric acid groups is 2. The van der Waals surface area contributed by atoms with Crippen LogP contribution in [0.5, 0.6) is 0 Å². The maximum absolute atomic E-state index is 13.1. The van der Waals surface area contributed by atoms with Gasteiger partial charge in [0.25, 0.3) is 0 Å². The number of ether oxygens (including phenoxy) is 4. The first-order chi connectivity index (χ1) is 48.9. The number of hydrogen-bond acceptors (Lipinski definition) is 15. The number of rotatable bonds is 81. The Balaban J connectivity index is 5.21. The van der Waals surface area contributed by atoms with E-state index in [-0.39, 0.29) is 25.7 Å². The van der Waals surface area contributed by atoms with Gasteiger partial charge in [-0.1, -0.05) is 382 Å². The quantitative estimate of drug-likeness (QED) is 0.0222. The maximum atomic E-state index is 13.1. The number of unbranched alkanes of at least 4 members (excludes halogenated alkanes) is 51. The lowest BCUT2D eigenvalue weighted by Gasteiger charge is -2.21. The van der Waals surface area contributed by atoms with E-state index in [2.05, 4.69) is 41.5 Å². The van der Waals surface area contributed by atoms with E-state index in [9.17, 15) is 43.2 Å². The molecule has 0 aromatic heterocycles. The topological polar surface area (TPSA) is 237 Å². The predicted molar refractivity (Wildman–Crippen MR) is 414 cm³/mol. The summed E-state index contributed by atoms with van der Waals surface area (Å²) in [6.45, 7) is 9.64. The van der Waals surface area contributed by atoms with Crippen molar-refractivity contribution in [3.63, 3.8) is 0 Å². The molecule has 0 saturated heterocycles.